The fraction of sp³-hybridized carbons (Fsp3) is 0.714. The van der Waals surface area contributed by atoms with Crippen LogP contribution >= 0.6 is 0 Å². The van der Waals surface area contributed by atoms with E-state index in [9.17, 15) is 9.59 Å². The molecular formula is C7H11NO4S2. The molecule has 0 aliphatic carbocycles. The minimum absolute atomic E-state index is 0.00204. The molecule has 0 aromatic rings. The Morgan fingerprint density at radius 1 is 1.50 bits per heavy atom. The molecule has 80 valence electrons. The van der Waals surface area contributed by atoms with Gasteiger partial charge in [-0.2, -0.15) is 0 Å². The fourth-order valence-corrected chi connectivity index (χ4v) is 2.73. The predicted octanol–water partition coefficient (Wildman–Crippen LogP) is -0.0981. The van der Waals surface area contributed by atoms with Crippen molar-refractivity contribution in [1.82, 2.24) is 4.90 Å². The number of carboxylic acids is 1. The number of likely N-dealkylation sites (tertiary alicyclic amines) is 1. The molecule has 0 aromatic carbocycles. The number of amides is 1. The molecule has 3 atom stereocenters. The third-order valence-corrected chi connectivity index (χ3v) is 4.36. The van der Waals surface area contributed by atoms with Crippen LogP contribution in [0.5, 0.6) is 0 Å². The van der Waals surface area contributed by atoms with E-state index in [1.54, 1.807) is 0 Å². The first-order valence-electron chi connectivity index (χ1n) is 3.98. The van der Waals surface area contributed by atoms with Gasteiger partial charge >= 0.3 is 12.1 Å². The van der Waals surface area contributed by atoms with E-state index in [1.807, 2.05) is 6.26 Å². The van der Waals surface area contributed by atoms with Crippen molar-refractivity contribution < 1.29 is 19.8 Å². The Hall–Kier alpha value is -0.690. The van der Waals surface area contributed by atoms with E-state index in [-0.39, 0.29) is 21.2 Å². The molecule has 0 saturated carbocycles. The van der Waals surface area contributed by atoms with Gasteiger partial charge in [0.05, 0.1) is 0 Å². The molecule has 0 radical (unpaired) electrons. The molecule has 1 rings (SSSR count). The molecule has 1 saturated heterocycles. The SMILES string of the molecule is C[S@@](=S)[C@@H]1C[C@@H](C(=O)O)N(C(=O)O)C1. The largest absolute Gasteiger partial charge is 0.480 e. The first kappa shape index (κ1) is 11.4. The summed E-state index contributed by atoms with van der Waals surface area (Å²) in [5.74, 6) is -1.09. The van der Waals surface area contributed by atoms with Gasteiger partial charge in [-0.05, 0) is 12.7 Å². The Bertz CT molecular complexity index is 271. The number of hydrogen-bond acceptors (Lipinski definition) is 3. The molecule has 0 unspecified atom stereocenters. The molecule has 1 amide bonds. The molecule has 1 heterocycles. The van der Waals surface area contributed by atoms with Crippen LogP contribution in [0, 0.1) is 0 Å². The molecule has 0 bridgehead atoms. The van der Waals surface area contributed by atoms with Crippen molar-refractivity contribution in [1.29, 1.82) is 0 Å². The smallest absolute Gasteiger partial charge is 0.408 e. The molecule has 0 spiro atoms. The minimum Gasteiger partial charge on any atom is -0.480 e. The van der Waals surface area contributed by atoms with Crippen LogP contribution in [0.15, 0.2) is 0 Å². The van der Waals surface area contributed by atoms with Crippen molar-refractivity contribution >= 4 is 32.7 Å². The van der Waals surface area contributed by atoms with Crippen LogP contribution in [0.2, 0.25) is 0 Å². The zero-order chi connectivity index (χ0) is 10.9. The van der Waals surface area contributed by atoms with Crippen molar-refractivity contribution in [3.63, 3.8) is 0 Å². The highest BCUT2D eigenvalue weighted by Crippen LogP contribution is 2.21. The van der Waals surface area contributed by atoms with Crippen LogP contribution in [-0.2, 0) is 25.4 Å². The number of rotatable bonds is 2. The summed E-state index contributed by atoms with van der Waals surface area (Å²) in [6.45, 7) is 0.245. The summed E-state index contributed by atoms with van der Waals surface area (Å²) in [6, 6.07) is -0.921. The van der Waals surface area contributed by atoms with Crippen molar-refractivity contribution in [3.8, 4) is 0 Å². The van der Waals surface area contributed by atoms with E-state index in [1.165, 1.54) is 0 Å². The highest BCUT2D eigenvalue weighted by molar-refractivity contribution is 8.28. The summed E-state index contributed by atoms with van der Waals surface area (Å²) in [7, 11) is -0.350. The number of aliphatic carboxylic acids is 1. The van der Waals surface area contributed by atoms with Gasteiger partial charge in [0.25, 0.3) is 0 Å². The number of carboxylic acid groups (broad SMARTS) is 2. The van der Waals surface area contributed by atoms with Crippen molar-refractivity contribution in [3.05, 3.63) is 0 Å². The monoisotopic (exact) mass is 237 g/mol. The lowest BCUT2D eigenvalue weighted by Crippen LogP contribution is -2.39. The van der Waals surface area contributed by atoms with Gasteiger partial charge in [0, 0.05) is 11.8 Å². The number of nitrogens with zero attached hydrogens (tertiary/aromatic N) is 1. The molecular weight excluding hydrogens is 226 g/mol. The van der Waals surface area contributed by atoms with Crippen LogP contribution in [0.25, 0.3) is 0 Å². The first-order chi connectivity index (χ1) is 6.43. The Kier molecular flexibility index (Phi) is 3.43. The van der Waals surface area contributed by atoms with Gasteiger partial charge < -0.3 is 10.2 Å². The quantitative estimate of drug-likeness (QED) is 0.701. The number of hydrogen-bond donors (Lipinski definition) is 2. The lowest BCUT2D eigenvalue weighted by molar-refractivity contribution is -0.141. The maximum Gasteiger partial charge on any atom is 0.408 e. The summed E-state index contributed by atoms with van der Waals surface area (Å²) < 4.78 is 0. The van der Waals surface area contributed by atoms with E-state index in [2.05, 4.69) is 0 Å². The average molecular weight is 237 g/mol. The summed E-state index contributed by atoms with van der Waals surface area (Å²) in [4.78, 5) is 22.4. The standard InChI is InChI=1S/C7H11NO4S2/c1-14(13)4-2-5(6(9)10)8(3-4)7(11)12/h4-5H,2-3H2,1H3,(H,9,10)(H,11,12)/t4-,5+,14-/m1/s1. The van der Waals surface area contributed by atoms with Gasteiger partial charge in [0.2, 0.25) is 0 Å². The number of carbonyl (C=O) groups is 2. The first-order valence-corrected chi connectivity index (χ1v) is 6.60. The van der Waals surface area contributed by atoms with Crippen molar-refractivity contribution in [2.75, 3.05) is 12.8 Å². The second kappa shape index (κ2) is 4.22. The summed E-state index contributed by atoms with van der Waals surface area (Å²) in [5.41, 5.74) is 0. The molecule has 1 aliphatic heterocycles. The Morgan fingerprint density at radius 3 is 2.36 bits per heavy atom. The molecule has 0 aromatic heterocycles. The topological polar surface area (TPSA) is 77.8 Å². The third-order valence-electron chi connectivity index (χ3n) is 2.26. The van der Waals surface area contributed by atoms with Crippen molar-refractivity contribution in [2.45, 2.75) is 17.7 Å². The van der Waals surface area contributed by atoms with E-state index in [0.29, 0.717) is 6.42 Å². The van der Waals surface area contributed by atoms with Gasteiger partial charge in [-0.15, -0.1) is 9.45 Å². The highest BCUT2D eigenvalue weighted by Gasteiger charge is 2.40. The van der Waals surface area contributed by atoms with Gasteiger partial charge in [0.1, 0.15) is 6.04 Å². The summed E-state index contributed by atoms with van der Waals surface area (Å²) >= 11 is 5.03. The summed E-state index contributed by atoms with van der Waals surface area (Å²) in [5, 5.41) is 17.6. The van der Waals surface area contributed by atoms with E-state index in [4.69, 9.17) is 21.4 Å². The van der Waals surface area contributed by atoms with Gasteiger partial charge in [-0.25, -0.2) is 9.59 Å². The van der Waals surface area contributed by atoms with Crippen LogP contribution in [-0.4, -0.2) is 51.3 Å². The van der Waals surface area contributed by atoms with Gasteiger partial charge in [0.15, 0.2) is 0 Å². The zero-order valence-electron chi connectivity index (χ0n) is 7.54. The van der Waals surface area contributed by atoms with E-state index < -0.39 is 18.1 Å². The second-order valence-electron chi connectivity index (χ2n) is 3.15. The maximum absolute atomic E-state index is 10.7. The van der Waals surface area contributed by atoms with E-state index >= 15 is 0 Å². The normalized spacial score (nSPS) is 28.8. The van der Waals surface area contributed by atoms with Crippen LogP contribution in [0.4, 0.5) is 4.79 Å². The lowest BCUT2D eigenvalue weighted by Gasteiger charge is -2.16. The molecule has 7 heteroatoms. The van der Waals surface area contributed by atoms with Crippen molar-refractivity contribution in [2.24, 2.45) is 0 Å². The molecule has 1 fully saturated rings. The molecule has 14 heavy (non-hydrogen) atoms. The van der Waals surface area contributed by atoms with Crippen LogP contribution < -0.4 is 0 Å². The maximum atomic E-state index is 10.7. The highest BCUT2D eigenvalue weighted by atomic mass is 32.8. The van der Waals surface area contributed by atoms with E-state index in [0.717, 1.165) is 4.90 Å². The molecule has 2 N–H and O–H groups in total. The summed E-state index contributed by atoms with van der Waals surface area (Å²) in [6.07, 6.45) is 0.981. The molecule has 1 aliphatic rings. The van der Waals surface area contributed by atoms with Gasteiger partial charge in [-0.1, -0.05) is 11.2 Å². The second-order valence-corrected chi connectivity index (χ2v) is 6.39. The average Bonchev–Trinajstić information content (AvgIpc) is 2.47. The Labute approximate surface area is 88.3 Å². The molecule has 5 nitrogen and oxygen atoms in total. The Balaban J connectivity index is 2.80. The van der Waals surface area contributed by atoms with Crippen LogP contribution in [0.3, 0.4) is 0 Å². The van der Waals surface area contributed by atoms with Gasteiger partial charge in [-0.3, -0.25) is 4.90 Å². The van der Waals surface area contributed by atoms with Crippen LogP contribution in [0.1, 0.15) is 6.42 Å². The fourth-order valence-electron chi connectivity index (χ4n) is 1.48. The predicted molar refractivity (Wildman–Crippen MR) is 55.2 cm³/mol. The minimum atomic E-state index is -1.18. The third kappa shape index (κ3) is 2.21. The zero-order valence-corrected chi connectivity index (χ0v) is 9.18. The lowest BCUT2D eigenvalue weighted by atomic mass is 10.2. The Morgan fingerprint density at radius 2 is 2.07 bits per heavy atom.